The summed E-state index contributed by atoms with van der Waals surface area (Å²) in [4.78, 5) is 28.5. The third kappa shape index (κ3) is 4.08. The molecule has 0 spiro atoms. The van der Waals surface area contributed by atoms with Gasteiger partial charge in [0.2, 0.25) is 0 Å². The SMILES string of the molecule is Cc1ccc(/C=C/C(=O)OCc2cc(=O)n3cccc(C)c3n2)c(Br)c1. The molecule has 132 valence electrons. The Morgan fingerprint density at radius 1 is 1.27 bits per heavy atom. The summed E-state index contributed by atoms with van der Waals surface area (Å²) in [5, 5.41) is 0. The highest BCUT2D eigenvalue weighted by atomic mass is 79.9. The molecule has 0 saturated carbocycles. The monoisotopic (exact) mass is 412 g/mol. The van der Waals surface area contributed by atoms with Gasteiger partial charge in [0.1, 0.15) is 12.3 Å². The van der Waals surface area contributed by atoms with Crippen LogP contribution in [0.4, 0.5) is 0 Å². The summed E-state index contributed by atoms with van der Waals surface area (Å²) >= 11 is 3.46. The fourth-order valence-corrected chi connectivity index (χ4v) is 3.13. The number of benzene rings is 1. The van der Waals surface area contributed by atoms with Gasteiger partial charge in [-0.25, -0.2) is 9.78 Å². The standard InChI is InChI=1S/C20H17BrN2O3/c1-13-5-6-15(17(21)10-13)7-8-19(25)26-12-16-11-18(24)23-9-3-4-14(2)20(23)22-16/h3-11H,12H2,1-2H3/b8-7+. The number of halogens is 1. The summed E-state index contributed by atoms with van der Waals surface area (Å²) in [6.07, 6.45) is 4.70. The molecule has 0 amide bonds. The third-order valence-electron chi connectivity index (χ3n) is 3.86. The van der Waals surface area contributed by atoms with Crippen LogP contribution in [0.3, 0.4) is 0 Å². The predicted molar refractivity (Wildman–Crippen MR) is 104 cm³/mol. The fourth-order valence-electron chi connectivity index (χ4n) is 2.50. The summed E-state index contributed by atoms with van der Waals surface area (Å²) in [5.74, 6) is -0.496. The second-order valence-corrected chi connectivity index (χ2v) is 6.79. The van der Waals surface area contributed by atoms with Gasteiger partial charge in [-0.3, -0.25) is 9.20 Å². The number of aryl methyl sites for hydroxylation is 2. The molecule has 2 heterocycles. The third-order valence-corrected chi connectivity index (χ3v) is 4.54. The first kappa shape index (κ1) is 18.1. The summed E-state index contributed by atoms with van der Waals surface area (Å²) < 4.78 is 7.58. The molecule has 0 saturated heterocycles. The lowest BCUT2D eigenvalue weighted by molar-refractivity contribution is -0.139. The van der Waals surface area contributed by atoms with Crippen LogP contribution >= 0.6 is 15.9 Å². The van der Waals surface area contributed by atoms with Gasteiger partial charge in [0.25, 0.3) is 5.56 Å². The molecule has 2 aromatic heterocycles. The maximum absolute atomic E-state index is 12.1. The van der Waals surface area contributed by atoms with Crippen molar-refractivity contribution in [2.45, 2.75) is 20.5 Å². The summed E-state index contributed by atoms with van der Waals surface area (Å²) in [6, 6.07) is 10.9. The molecule has 0 aliphatic heterocycles. The maximum atomic E-state index is 12.1. The number of fused-ring (bicyclic) bond motifs is 1. The molecule has 1 aromatic carbocycles. The zero-order chi connectivity index (χ0) is 18.7. The molecule has 26 heavy (non-hydrogen) atoms. The van der Waals surface area contributed by atoms with Gasteiger partial charge < -0.3 is 4.74 Å². The van der Waals surface area contributed by atoms with Crippen molar-refractivity contribution in [1.29, 1.82) is 0 Å². The largest absolute Gasteiger partial charge is 0.456 e. The molecular weight excluding hydrogens is 396 g/mol. The van der Waals surface area contributed by atoms with Gasteiger partial charge in [0.15, 0.2) is 0 Å². The second-order valence-electron chi connectivity index (χ2n) is 5.94. The number of rotatable bonds is 4. The highest BCUT2D eigenvalue weighted by molar-refractivity contribution is 9.10. The molecule has 0 fully saturated rings. The van der Waals surface area contributed by atoms with Crippen LogP contribution in [-0.4, -0.2) is 15.4 Å². The summed E-state index contributed by atoms with van der Waals surface area (Å²) in [5.41, 5.74) is 3.66. The predicted octanol–water partition coefficient (Wildman–Crippen LogP) is 3.83. The van der Waals surface area contributed by atoms with E-state index in [1.165, 1.54) is 16.5 Å². The van der Waals surface area contributed by atoms with Crippen LogP contribution in [0.1, 0.15) is 22.4 Å². The van der Waals surface area contributed by atoms with E-state index in [9.17, 15) is 9.59 Å². The number of hydrogen-bond acceptors (Lipinski definition) is 4. The molecule has 0 unspecified atom stereocenters. The first-order valence-corrected chi connectivity index (χ1v) is 8.82. The molecule has 0 aliphatic rings. The quantitative estimate of drug-likeness (QED) is 0.482. The van der Waals surface area contributed by atoms with E-state index in [4.69, 9.17) is 4.74 Å². The number of nitrogens with zero attached hydrogens (tertiary/aromatic N) is 2. The van der Waals surface area contributed by atoms with Gasteiger partial charge in [0.05, 0.1) is 5.69 Å². The van der Waals surface area contributed by atoms with E-state index in [1.807, 2.05) is 38.1 Å². The average Bonchev–Trinajstić information content (AvgIpc) is 2.60. The molecular formula is C20H17BrN2O3. The van der Waals surface area contributed by atoms with Gasteiger partial charge in [0, 0.05) is 22.8 Å². The molecule has 5 nitrogen and oxygen atoms in total. The van der Waals surface area contributed by atoms with E-state index < -0.39 is 5.97 Å². The average molecular weight is 413 g/mol. The number of aromatic nitrogens is 2. The first-order valence-electron chi connectivity index (χ1n) is 8.03. The van der Waals surface area contributed by atoms with Crippen LogP contribution in [0.15, 0.2) is 57.9 Å². The first-order chi connectivity index (χ1) is 12.4. The minimum absolute atomic E-state index is 0.0572. The number of ether oxygens (including phenoxy) is 1. The van der Waals surface area contributed by atoms with Gasteiger partial charge in [-0.05, 0) is 48.7 Å². The Kier molecular flexibility index (Phi) is 5.32. The van der Waals surface area contributed by atoms with E-state index in [-0.39, 0.29) is 12.2 Å². The Hall–Kier alpha value is -2.73. The lowest BCUT2D eigenvalue weighted by atomic mass is 10.1. The van der Waals surface area contributed by atoms with Gasteiger partial charge in [-0.1, -0.05) is 34.1 Å². The van der Waals surface area contributed by atoms with E-state index in [0.29, 0.717) is 11.3 Å². The van der Waals surface area contributed by atoms with Crippen LogP contribution in [0.2, 0.25) is 0 Å². The van der Waals surface area contributed by atoms with E-state index in [2.05, 4.69) is 20.9 Å². The lowest BCUT2D eigenvalue weighted by Gasteiger charge is -2.06. The Morgan fingerprint density at radius 3 is 2.85 bits per heavy atom. The maximum Gasteiger partial charge on any atom is 0.331 e. The van der Waals surface area contributed by atoms with Crippen molar-refractivity contribution in [2.75, 3.05) is 0 Å². The number of esters is 1. The zero-order valence-electron chi connectivity index (χ0n) is 14.4. The van der Waals surface area contributed by atoms with Gasteiger partial charge in [-0.15, -0.1) is 0 Å². The van der Waals surface area contributed by atoms with Crippen molar-refractivity contribution in [3.05, 3.63) is 85.9 Å². The number of carbonyl (C=O) groups is 1. The molecule has 6 heteroatoms. The zero-order valence-corrected chi connectivity index (χ0v) is 16.0. The topological polar surface area (TPSA) is 60.7 Å². The van der Waals surface area contributed by atoms with Crippen LogP contribution in [0, 0.1) is 13.8 Å². The summed E-state index contributed by atoms with van der Waals surface area (Å²) in [7, 11) is 0. The van der Waals surface area contributed by atoms with Crippen LogP contribution < -0.4 is 5.56 Å². The molecule has 0 atom stereocenters. The van der Waals surface area contributed by atoms with Crippen molar-refractivity contribution in [3.63, 3.8) is 0 Å². The normalized spacial score (nSPS) is 11.2. The van der Waals surface area contributed by atoms with Gasteiger partial charge in [-0.2, -0.15) is 0 Å². The molecule has 3 aromatic rings. The van der Waals surface area contributed by atoms with E-state index in [1.54, 1.807) is 18.3 Å². The van der Waals surface area contributed by atoms with Gasteiger partial charge >= 0.3 is 5.97 Å². The highest BCUT2D eigenvalue weighted by Gasteiger charge is 2.06. The number of hydrogen-bond donors (Lipinski definition) is 0. The van der Waals surface area contributed by atoms with Crippen molar-refractivity contribution >= 4 is 33.6 Å². The fraction of sp³-hybridized carbons (Fsp3) is 0.150. The lowest BCUT2D eigenvalue weighted by Crippen LogP contribution is -2.17. The Balaban J connectivity index is 1.71. The molecule has 0 N–H and O–H groups in total. The van der Waals surface area contributed by atoms with Crippen LogP contribution in [0.5, 0.6) is 0 Å². The van der Waals surface area contributed by atoms with Crippen LogP contribution in [0.25, 0.3) is 11.7 Å². The Labute approximate surface area is 159 Å². The summed E-state index contributed by atoms with van der Waals surface area (Å²) in [6.45, 7) is 3.81. The Morgan fingerprint density at radius 2 is 2.08 bits per heavy atom. The molecule has 0 radical (unpaired) electrons. The Bertz CT molecular complexity index is 1070. The smallest absolute Gasteiger partial charge is 0.331 e. The van der Waals surface area contributed by atoms with Crippen LogP contribution in [-0.2, 0) is 16.1 Å². The van der Waals surface area contributed by atoms with Crippen molar-refractivity contribution in [3.8, 4) is 0 Å². The van der Waals surface area contributed by atoms with Crippen molar-refractivity contribution in [2.24, 2.45) is 0 Å². The van der Waals surface area contributed by atoms with Crippen molar-refractivity contribution in [1.82, 2.24) is 9.38 Å². The van der Waals surface area contributed by atoms with E-state index >= 15 is 0 Å². The second kappa shape index (κ2) is 7.66. The van der Waals surface area contributed by atoms with Crippen molar-refractivity contribution < 1.29 is 9.53 Å². The molecule has 0 aliphatic carbocycles. The molecule has 0 bridgehead atoms. The number of carbonyl (C=O) groups excluding carboxylic acids is 1. The highest BCUT2D eigenvalue weighted by Crippen LogP contribution is 2.19. The molecule has 3 rings (SSSR count). The number of pyridine rings is 1. The minimum Gasteiger partial charge on any atom is -0.456 e. The minimum atomic E-state index is -0.496. The van der Waals surface area contributed by atoms with E-state index in [0.717, 1.165) is 21.2 Å².